The first kappa shape index (κ1) is 13.1. The molecule has 1 rings (SSSR count). The lowest BCUT2D eigenvalue weighted by molar-refractivity contribution is -0.174. The summed E-state index contributed by atoms with van der Waals surface area (Å²) < 4.78 is 45.1. The Labute approximate surface area is 91.4 Å². The Morgan fingerprint density at radius 1 is 1.44 bits per heavy atom. The molecule has 0 aliphatic heterocycles. The lowest BCUT2D eigenvalue weighted by Gasteiger charge is -2.12. The van der Waals surface area contributed by atoms with E-state index in [9.17, 15) is 13.2 Å². The first-order valence-electron chi connectivity index (χ1n) is 4.76. The molecule has 0 saturated carbocycles. The molecule has 2 N–H and O–H groups in total. The Hall–Kier alpha value is -1.01. The van der Waals surface area contributed by atoms with E-state index in [-0.39, 0.29) is 6.61 Å². The fourth-order valence-corrected chi connectivity index (χ4v) is 1.41. The molecule has 6 heteroatoms. The average Bonchev–Trinajstić information content (AvgIpc) is 2.43. The van der Waals surface area contributed by atoms with Crippen molar-refractivity contribution in [1.82, 2.24) is 0 Å². The summed E-state index contributed by atoms with van der Waals surface area (Å²) in [5.41, 5.74) is 6.37. The molecule has 0 aliphatic rings. The van der Waals surface area contributed by atoms with E-state index in [4.69, 9.17) is 10.2 Å². The topological polar surface area (TPSA) is 48.4 Å². The predicted molar refractivity (Wildman–Crippen MR) is 52.0 cm³/mol. The molecule has 1 heterocycles. The number of nitrogens with two attached hydrogens (primary N) is 1. The van der Waals surface area contributed by atoms with Crippen molar-refractivity contribution in [2.45, 2.75) is 26.1 Å². The maximum atomic E-state index is 11.8. The van der Waals surface area contributed by atoms with Crippen LogP contribution in [0.2, 0.25) is 0 Å². The summed E-state index contributed by atoms with van der Waals surface area (Å²) in [5.74, 6) is 1.29. The number of alkyl halides is 3. The maximum Gasteiger partial charge on any atom is 0.411 e. The number of hydrogen-bond acceptors (Lipinski definition) is 3. The van der Waals surface area contributed by atoms with Crippen LogP contribution in [-0.4, -0.2) is 19.4 Å². The van der Waals surface area contributed by atoms with E-state index in [1.165, 1.54) is 0 Å². The molecule has 16 heavy (non-hydrogen) atoms. The Kier molecular flexibility index (Phi) is 3.98. The molecular formula is C10H14F3NO2. The van der Waals surface area contributed by atoms with E-state index in [2.05, 4.69) is 4.74 Å². The molecule has 0 radical (unpaired) electrons. The van der Waals surface area contributed by atoms with Gasteiger partial charge in [-0.25, -0.2) is 0 Å². The van der Waals surface area contributed by atoms with E-state index < -0.39 is 18.8 Å². The second kappa shape index (κ2) is 4.88. The van der Waals surface area contributed by atoms with Gasteiger partial charge in [0.15, 0.2) is 0 Å². The van der Waals surface area contributed by atoms with Crippen molar-refractivity contribution in [2.24, 2.45) is 5.73 Å². The third-order valence-corrected chi connectivity index (χ3v) is 2.04. The van der Waals surface area contributed by atoms with Crippen LogP contribution in [0.3, 0.4) is 0 Å². The highest BCUT2D eigenvalue weighted by molar-refractivity contribution is 5.23. The molecular weight excluding hydrogens is 223 g/mol. The Morgan fingerprint density at radius 3 is 2.50 bits per heavy atom. The summed E-state index contributed by atoms with van der Waals surface area (Å²) in [7, 11) is 0. The third kappa shape index (κ3) is 3.86. The molecule has 3 nitrogen and oxygen atoms in total. The second-order valence-corrected chi connectivity index (χ2v) is 3.61. The standard InChI is InChI=1S/C10H14F3NO2/c1-6-3-8(7(2)16-6)9(14)4-15-5-10(11,12)13/h3,9H,4-5,14H2,1-2H3. The van der Waals surface area contributed by atoms with Gasteiger partial charge in [0.2, 0.25) is 0 Å². The van der Waals surface area contributed by atoms with Crippen molar-refractivity contribution in [3.8, 4) is 0 Å². The van der Waals surface area contributed by atoms with Crippen LogP contribution in [0.15, 0.2) is 10.5 Å². The van der Waals surface area contributed by atoms with Gasteiger partial charge in [-0.3, -0.25) is 0 Å². The van der Waals surface area contributed by atoms with Crippen LogP contribution in [0, 0.1) is 13.8 Å². The molecule has 1 aromatic rings. The number of furan rings is 1. The highest BCUT2D eigenvalue weighted by atomic mass is 19.4. The predicted octanol–water partition coefficient (Wildman–Crippen LogP) is 2.48. The second-order valence-electron chi connectivity index (χ2n) is 3.61. The van der Waals surface area contributed by atoms with E-state index in [1.807, 2.05) is 0 Å². The van der Waals surface area contributed by atoms with Crippen LogP contribution >= 0.6 is 0 Å². The van der Waals surface area contributed by atoms with Crippen molar-refractivity contribution in [1.29, 1.82) is 0 Å². The highest BCUT2D eigenvalue weighted by Crippen LogP contribution is 2.21. The summed E-state index contributed by atoms with van der Waals surface area (Å²) in [6.07, 6.45) is -4.32. The Bertz CT molecular complexity index is 346. The minimum absolute atomic E-state index is 0.181. The summed E-state index contributed by atoms with van der Waals surface area (Å²) in [6, 6.07) is 1.11. The summed E-state index contributed by atoms with van der Waals surface area (Å²) in [5, 5.41) is 0. The number of aryl methyl sites for hydroxylation is 2. The summed E-state index contributed by atoms with van der Waals surface area (Å²) >= 11 is 0. The highest BCUT2D eigenvalue weighted by Gasteiger charge is 2.28. The number of halogens is 3. The van der Waals surface area contributed by atoms with E-state index >= 15 is 0 Å². The molecule has 0 amide bonds. The van der Waals surface area contributed by atoms with Gasteiger partial charge in [0.1, 0.15) is 18.1 Å². The smallest absolute Gasteiger partial charge is 0.411 e. The lowest BCUT2D eigenvalue weighted by atomic mass is 10.1. The van der Waals surface area contributed by atoms with Gasteiger partial charge in [-0.05, 0) is 19.9 Å². The van der Waals surface area contributed by atoms with Crippen LogP contribution in [0.5, 0.6) is 0 Å². The van der Waals surface area contributed by atoms with Crippen LogP contribution in [0.1, 0.15) is 23.1 Å². The maximum absolute atomic E-state index is 11.8. The van der Waals surface area contributed by atoms with Crippen molar-refractivity contribution >= 4 is 0 Å². The zero-order chi connectivity index (χ0) is 12.3. The van der Waals surface area contributed by atoms with E-state index in [0.29, 0.717) is 17.1 Å². The first-order chi connectivity index (χ1) is 7.29. The van der Waals surface area contributed by atoms with E-state index in [1.54, 1.807) is 19.9 Å². The van der Waals surface area contributed by atoms with Gasteiger partial charge in [0.25, 0.3) is 0 Å². The van der Waals surface area contributed by atoms with Crippen LogP contribution in [0.25, 0.3) is 0 Å². The largest absolute Gasteiger partial charge is 0.466 e. The molecule has 1 atom stereocenters. The van der Waals surface area contributed by atoms with Crippen molar-refractivity contribution in [2.75, 3.05) is 13.2 Å². The van der Waals surface area contributed by atoms with Gasteiger partial charge in [0, 0.05) is 5.56 Å². The molecule has 1 unspecified atom stereocenters. The van der Waals surface area contributed by atoms with Crippen LogP contribution < -0.4 is 5.73 Å². The number of hydrogen-bond donors (Lipinski definition) is 1. The minimum Gasteiger partial charge on any atom is -0.466 e. The molecule has 0 fully saturated rings. The number of ether oxygens (including phenoxy) is 1. The van der Waals surface area contributed by atoms with Gasteiger partial charge in [-0.15, -0.1) is 0 Å². The third-order valence-electron chi connectivity index (χ3n) is 2.04. The molecule has 0 spiro atoms. The van der Waals surface area contributed by atoms with Crippen LogP contribution in [-0.2, 0) is 4.74 Å². The fraction of sp³-hybridized carbons (Fsp3) is 0.600. The molecule has 1 aromatic heterocycles. The normalized spacial score (nSPS) is 14.1. The van der Waals surface area contributed by atoms with Gasteiger partial charge in [0.05, 0.1) is 12.6 Å². The molecule has 0 saturated heterocycles. The molecule has 0 bridgehead atoms. The molecule has 92 valence electrons. The van der Waals surface area contributed by atoms with Gasteiger partial charge >= 0.3 is 6.18 Å². The van der Waals surface area contributed by atoms with Crippen LogP contribution in [0.4, 0.5) is 13.2 Å². The quantitative estimate of drug-likeness (QED) is 0.875. The summed E-state index contributed by atoms with van der Waals surface area (Å²) in [6.45, 7) is 2.00. The summed E-state index contributed by atoms with van der Waals surface area (Å²) in [4.78, 5) is 0. The fourth-order valence-electron chi connectivity index (χ4n) is 1.41. The molecule has 0 aliphatic carbocycles. The van der Waals surface area contributed by atoms with Gasteiger partial charge in [-0.1, -0.05) is 0 Å². The lowest BCUT2D eigenvalue weighted by Crippen LogP contribution is -2.23. The number of rotatable bonds is 4. The van der Waals surface area contributed by atoms with Gasteiger partial charge in [-0.2, -0.15) is 13.2 Å². The van der Waals surface area contributed by atoms with Gasteiger partial charge < -0.3 is 14.9 Å². The first-order valence-corrected chi connectivity index (χ1v) is 4.76. The average molecular weight is 237 g/mol. The Morgan fingerprint density at radius 2 is 2.06 bits per heavy atom. The van der Waals surface area contributed by atoms with Crippen molar-refractivity contribution < 1.29 is 22.3 Å². The van der Waals surface area contributed by atoms with Crippen molar-refractivity contribution in [3.63, 3.8) is 0 Å². The zero-order valence-electron chi connectivity index (χ0n) is 9.10. The monoisotopic (exact) mass is 237 g/mol. The Balaban J connectivity index is 2.47. The zero-order valence-corrected chi connectivity index (χ0v) is 9.10. The SMILES string of the molecule is Cc1cc(C(N)COCC(F)(F)F)c(C)o1. The van der Waals surface area contributed by atoms with E-state index in [0.717, 1.165) is 0 Å². The minimum atomic E-state index is -4.32. The van der Waals surface area contributed by atoms with Crippen molar-refractivity contribution in [3.05, 3.63) is 23.2 Å². The molecule has 0 aromatic carbocycles.